The summed E-state index contributed by atoms with van der Waals surface area (Å²) in [6, 6.07) is 8.60. The quantitative estimate of drug-likeness (QED) is 0.403. The van der Waals surface area contributed by atoms with Crippen LogP contribution in [-0.4, -0.2) is 44.9 Å². The predicted molar refractivity (Wildman–Crippen MR) is 121 cm³/mol. The fourth-order valence-corrected chi connectivity index (χ4v) is 5.71. The Morgan fingerprint density at radius 1 is 1.09 bits per heavy atom. The van der Waals surface area contributed by atoms with E-state index in [9.17, 15) is 24.6 Å². The number of aromatic hydroxyl groups is 2. The molecule has 0 bridgehead atoms. The third kappa shape index (κ3) is 2.97. The van der Waals surface area contributed by atoms with E-state index in [4.69, 9.17) is 11.6 Å². The first-order valence-corrected chi connectivity index (χ1v) is 11.3. The number of nitrogens with one attached hydrogen (secondary N) is 2. The summed E-state index contributed by atoms with van der Waals surface area (Å²) in [5.41, 5.74) is 0.341. The Morgan fingerprint density at radius 2 is 1.85 bits per heavy atom. The molecule has 2 saturated heterocycles. The molecule has 3 aliphatic rings. The Balaban J connectivity index is 1.64. The fourth-order valence-electron chi connectivity index (χ4n) is 5.54. The molecule has 0 unspecified atom stereocenters. The van der Waals surface area contributed by atoms with E-state index in [-0.39, 0.29) is 35.8 Å². The number of phenolic OH excluding ortho intramolecular Hbond substituents is 2. The van der Waals surface area contributed by atoms with Gasteiger partial charge in [-0.25, -0.2) is 0 Å². The van der Waals surface area contributed by atoms with Gasteiger partial charge in [-0.2, -0.15) is 0 Å². The Morgan fingerprint density at radius 3 is 2.55 bits per heavy atom. The molecule has 4 N–H and O–H groups in total. The molecule has 0 aliphatic carbocycles. The van der Waals surface area contributed by atoms with Crippen molar-refractivity contribution in [2.24, 2.45) is 11.8 Å². The van der Waals surface area contributed by atoms with Crippen LogP contribution in [0.5, 0.6) is 11.5 Å². The second-order valence-corrected chi connectivity index (χ2v) is 9.47. The number of hydrogen-bond donors (Lipinski definition) is 4. The zero-order valence-electron chi connectivity index (χ0n) is 18.1. The molecule has 5 rings (SSSR count). The van der Waals surface area contributed by atoms with E-state index in [1.54, 1.807) is 24.3 Å². The molecule has 5 atom stereocenters. The third-order valence-corrected chi connectivity index (χ3v) is 7.47. The highest BCUT2D eigenvalue weighted by molar-refractivity contribution is 6.31. The van der Waals surface area contributed by atoms with Crippen molar-refractivity contribution in [3.8, 4) is 11.5 Å². The molecular formula is C24H24ClN3O5. The minimum absolute atomic E-state index is 0.249. The van der Waals surface area contributed by atoms with Gasteiger partial charge in [0, 0.05) is 28.4 Å². The monoisotopic (exact) mass is 469 g/mol. The summed E-state index contributed by atoms with van der Waals surface area (Å²) in [7, 11) is 0. The van der Waals surface area contributed by atoms with Gasteiger partial charge in [0.1, 0.15) is 5.54 Å². The first-order chi connectivity index (χ1) is 15.7. The summed E-state index contributed by atoms with van der Waals surface area (Å²) < 4.78 is 0. The van der Waals surface area contributed by atoms with Crippen LogP contribution in [0.3, 0.4) is 0 Å². The molecular weight excluding hydrogens is 446 g/mol. The van der Waals surface area contributed by atoms with Crippen LogP contribution >= 0.6 is 11.6 Å². The average molecular weight is 470 g/mol. The maximum atomic E-state index is 13.7. The summed E-state index contributed by atoms with van der Waals surface area (Å²) in [5, 5.41) is 26.2. The van der Waals surface area contributed by atoms with Crippen LogP contribution in [0.25, 0.3) is 0 Å². The number of carbonyl (C=O) groups excluding carboxylic acids is 3. The normalized spacial score (nSPS) is 28.9. The lowest BCUT2D eigenvalue weighted by atomic mass is 9.76. The summed E-state index contributed by atoms with van der Waals surface area (Å²) in [6.07, 6.45) is 0.871. The number of benzene rings is 2. The van der Waals surface area contributed by atoms with E-state index in [1.807, 2.05) is 13.8 Å². The fraction of sp³-hybridized carbons (Fsp3) is 0.375. The molecule has 3 aliphatic heterocycles. The van der Waals surface area contributed by atoms with Crippen molar-refractivity contribution < 1.29 is 24.6 Å². The first kappa shape index (κ1) is 21.7. The molecule has 3 amide bonds. The van der Waals surface area contributed by atoms with Gasteiger partial charge in [0.15, 0.2) is 11.5 Å². The predicted octanol–water partition coefficient (Wildman–Crippen LogP) is 2.51. The van der Waals surface area contributed by atoms with Gasteiger partial charge in [-0.05, 0) is 55.7 Å². The molecule has 2 aromatic rings. The first-order valence-electron chi connectivity index (χ1n) is 11.0. The summed E-state index contributed by atoms with van der Waals surface area (Å²) in [6.45, 7) is 3.73. The number of imide groups is 1. The Bertz CT molecular complexity index is 1200. The van der Waals surface area contributed by atoms with Crippen LogP contribution in [0.4, 0.5) is 5.69 Å². The number of phenols is 2. The smallest absolute Gasteiger partial charge is 0.250 e. The number of fused-ring (bicyclic) bond motifs is 4. The number of nitrogens with zero attached hydrogens (tertiary/aromatic N) is 1. The van der Waals surface area contributed by atoms with E-state index < -0.39 is 29.3 Å². The second-order valence-electron chi connectivity index (χ2n) is 9.04. The van der Waals surface area contributed by atoms with Crippen molar-refractivity contribution in [3.05, 3.63) is 52.5 Å². The van der Waals surface area contributed by atoms with Crippen molar-refractivity contribution in [2.75, 3.05) is 5.32 Å². The Hall–Kier alpha value is -3.10. The van der Waals surface area contributed by atoms with E-state index in [1.165, 1.54) is 17.0 Å². The molecule has 0 radical (unpaired) electrons. The highest BCUT2D eigenvalue weighted by Crippen LogP contribution is 2.54. The van der Waals surface area contributed by atoms with E-state index in [0.29, 0.717) is 28.3 Å². The number of amides is 3. The van der Waals surface area contributed by atoms with Crippen LogP contribution in [-0.2, 0) is 26.3 Å². The largest absolute Gasteiger partial charge is 0.504 e. The molecule has 172 valence electrons. The third-order valence-electron chi connectivity index (χ3n) is 7.24. The van der Waals surface area contributed by atoms with Gasteiger partial charge in [0.2, 0.25) is 17.7 Å². The number of hydrogen-bond acceptors (Lipinski definition) is 6. The van der Waals surface area contributed by atoms with E-state index >= 15 is 0 Å². The highest BCUT2D eigenvalue weighted by Gasteiger charge is 2.70. The Kier molecular flexibility index (Phi) is 4.91. The van der Waals surface area contributed by atoms with Gasteiger partial charge in [0.05, 0.1) is 11.8 Å². The highest BCUT2D eigenvalue weighted by atomic mass is 35.5. The van der Waals surface area contributed by atoms with Gasteiger partial charge < -0.3 is 15.5 Å². The average Bonchev–Trinajstić information content (AvgIpc) is 3.35. The summed E-state index contributed by atoms with van der Waals surface area (Å²) >= 11 is 6.26. The summed E-state index contributed by atoms with van der Waals surface area (Å²) in [5.74, 6) is -3.28. The molecule has 33 heavy (non-hydrogen) atoms. The van der Waals surface area contributed by atoms with Crippen molar-refractivity contribution in [2.45, 2.75) is 44.3 Å². The lowest BCUT2D eigenvalue weighted by Gasteiger charge is -2.31. The summed E-state index contributed by atoms with van der Waals surface area (Å²) in [4.78, 5) is 42.0. The van der Waals surface area contributed by atoms with Crippen molar-refractivity contribution in [1.29, 1.82) is 0 Å². The molecule has 8 nitrogen and oxygen atoms in total. The van der Waals surface area contributed by atoms with Crippen molar-refractivity contribution in [3.63, 3.8) is 0 Å². The van der Waals surface area contributed by atoms with Crippen LogP contribution < -0.4 is 10.6 Å². The lowest BCUT2D eigenvalue weighted by Crippen LogP contribution is -2.54. The zero-order valence-corrected chi connectivity index (χ0v) is 18.9. The minimum atomic E-state index is -1.43. The number of halogens is 1. The molecule has 9 heteroatoms. The van der Waals surface area contributed by atoms with E-state index in [0.717, 1.165) is 0 Å². The maximum Gasteiger partial charge on any atom is 0.250 e. The van der Waals surface area contributed by atoms with Gasteiger partial charge >= 0.3 is 0 Å². The van der Waals surface area contributed by atoms with Crippen LogP contribution in [0.2, 0.25) is 5.02 Å². The zero-order chi connectivity index (χ0) is 23.7. The van der Waals surface area contributed by atoms with Crippen LogP contribution in [0, 0.1) is 11.8 Å². The molecule has 0 saturated carbocycles. The van der Waals surface area contributed by atoms with E-state index in [2.05, 4.69) is 10.6 Å². The number of carbonyl (C=O) groups is 3. The van der Waals surface area contributed by atoms with Gasteiger partial charge in [-0.3, -0.25) is 24.6 Å². The van der Waals surface area contributed by atoms with Crippen LogP contribution in [0.1, 0.15) is 31.4 Å². The van der Waals surface area contributed by atoms with Gasteiger partial charge in [0.25, 0.3) is 0 Å². The van der Waals surface area contributed by atoms with Crippen molar-refractivity contribution >= 4 is 35.0 Å². The Labute approximate surface area is 195 Å². The number of anilines is 1. The standard InChI is InChI=1S/C24H24ClN3O5/c1-3-11(2)28-21(31)19-16(8-12-4-7-17(29)18(30)9-12)27-24(20(19)22(28)32)14-10-13(25)5-6-15(14)26-23(24)33/h4-7,9-11,16,19-20,27,29-30H,3,8H2,1-2H3,(H,26,33)/t11-,16-,19-,20+,24+/m1/s1. The molecule has 2 fully saturated rings. The minimum Gasteiger partial charge on any atom is -0.504 e. The van der Waals surface area contributed by atoms with Crippen molar-refractivity contribution in [1.82, 2.24) is 10.2 Å². The number of rotatable bonds is 4. The molecule has 1 spiro atoms. The lowest BCUT2D eigenvalue weighted by molar-refractivity contribution is -0.145. The molecule has 2 aromatic carbocycles. The van der Waals surface area contributed by atoms with Gasteiger partial charge in [-0.1, -0.05) is 24.6 Å². The number of likely N-dealkylation sites (tertiary alicyclic amines) is 1. The van der Waals surface area contributed by atoms with Gasteiger partial charge in [-0.15, -0.1) is 0 Å². The second kappa shape index (κ2) is 7.46. The SMILES string of the molecule is CC[C@@H](C)N1C(=O)[C@H]2[C@@H](C1=O)[C@]1(N[C@@H]2Cc2ccc(O)c(O)c2)C(=O)Nc2ccc(Cl)cc21. The molecule has 3 heterocycles. The molecule has 0 aromatic heterocycles. The van der Waals surface area contributed by atoms with Crippen LogP contribution in [0.15, 0.2) is 36.4 Å². The topological polar surface area (TPSA) is 119 Å². The maximum absolute atomic E-state index is 13.7.